The van der Waals surface area contributed by atoms with Crippen molar-refractivity contribution in [1.29, 1.82) is 0 Å². The van der Waals surface area contributed by atoms with Crippen molar-refractivity contribution in [2.24, 2.45) is 10.2 Å². The zero-order chi connectivity index (χ0) is 14.7. The molecule has 3 N–H and O–H groups in total. The molecule has 0 bridgehead atoms. The first kappa shape index (κ1) is 13.0. The number of aromatic hydroxyl groups is 2. The van der Waals surface area contributed by atoms with Crippen LogP contribution in [0.15, 0.2) is 58.7 Å². The second kappa shape index (κ2) is 5.54. The van der Waals surface area contributed by atoms with E-state index in [9.17, 15) is 10.2 Å². The first-order valence-electron chi connectivity index (χ1n) is 6.43. The van der Waals surface area contributed by atoms with Crippen LogP contribution in [0.3, 0.4) is 0 Å². The van der Waals surface area contributed by atoms with Gasteiger partial charge in [0.1, 0.15) is 18.2 Å². The van der Waals surface area contributed by atoms with Crippen LogP contribution in [0, 0.1) is 0 Å². The van der Waals surface area contributed by atoms with E-state index in [1.807, 2.05) is 0 Å². The smallest absolute Gasteiger partial charge is 0.177 e. The Morgan fingerprint density at radius 1 is 1.00 bits per heavy atom. The number of hydrazone groups is 2. The maximum absolute atomic E-state index is 9.32. The largest absolute Gasteiger partial charge is 0.508 e. The van der Waals surface area contributed by atoms with E-state index >= 15 is 0 Å². The molecule has 0 spiro atoms. The highest BCUT2D eigenvalue weighted by Crippen LogP contribution is 2.14. The Kier molecular flexibility index (Phi) is 3.42. The lowest BCUT2D eigenvalue weighted by Gasteiger charge is -2.12. The first-order chi connectivity index (χ1) is 10.2. The maximum Gasteiger partial charge on any atom is 0.177 e. The highest BCUT2D eigenvalue weighted by Gasteiger charge is 2.17. The summed E-state index contributed by atoms with van der Waals surface area (Å²) < 4.78 is 0. The summed E-state index contributed by atoms with van der Waals surface area (Å²) in [5.74, 6) is 1.12. The Hall–Kier alpha value is -3.02. The number of phenols is 2. The van der Waals surface area contributed by atoms with E-state index in [0.717, 1.165) is 11.1 Å². The molecule has 1 aliphatic heterocycles. The van der Waals surface area contributed by atoms with Gasteiger partial charge >= 0.3 is 0 Å². The number of benzene rings is 2. The van der Waals surface area contributed by atoms with Gasteiger partial charge in [-0.25, -0.2) is 5.01 Å². The zero-order valence-electron chi connectivity index (χ0n) is 11.1. The number of rotatable bonds is 3. The lowest BCUT2D eigenvalue weighted by atomic mass is 10.2. The second-order valence-electron chi connectivity index (χ2n) is 4.53. The fourth-order valence-electron chi connectivity index (χ4n) is 1.93. The van der Waals surface area contributed by atoms with Gasteiger partial charge in [-0.15, -0.1) is 0 Å². The Morgan fingerprint density at radius 3 is 2.29 bits per heavy atom. The Labute approximate surface area is 121 Å². The molecule has 0 aromatic heterocycles. The van der Waals surface area contributed by atoms with Crippen molar-refractivity contribution >= 4 is 12.1 Å². The molecule has 21 heavy (non-hydrogen) atoms. The van der Waals surface area contributed by atoms with Gasteiger partial charge in [0.25, 0.3) is 0 Å². The van der Waals surface area contributed by atoms with Crippen LogP contribution in [-0.2, 0) is 0 Å². The van der Waals surface area contributed by atoms with Crippen molar-refractivity contribution in [3.63, 3.8) is 0 Å². The predicted molar refractivity (Wildman–Crippen MR) is 80.2 cm³/mol. The SMILES string of the molecule is Oc1ccc(C=NN2CNN=C2c2ccc(O)cc2)cc1. The number of phenolic OH excluding ortho intramolecular Hbond substituents is 2. The van der Waals surface area contributed by atoms with Gasteiger partial charge in [-0.3, -0.25) is 5.43 Å². The molecule has 0 fully saturated rings. The zero-order valence-corrected chi connectivity index (χ0v) is 11.1. The summed E-state index contributed by atoms with van der Waals surface area (Å²) in [7, 11) is 0. The third kappa shape index (κ3) is 2.94. The number of nitrogens with one attached hydrogen (secondary N) is 1. The molecule has 0 saturated heterocycles. The van der Waals surface area contributed by atoms with Crippen LogP contribution in [0.5, 0.6) is 11.5 Å². The van der Waals surface area contributed by atoms with Crippen LogP contribution in [-0.4, -0.2) is 33.9 Å². The number of amidine groups is 1. The molecule has 0 unspecified atom stereocenters. The van der Waals surface area contributed by atoms with Crippen molar-refractivity contribution in [3.8, 4) is 11.5 Å². The van der Waals surface area contributed by atoms with Crippen LogP contribution in [0.4, 0.5) is 0 Å². The average molecular weight is 282 g/mol. The summed E-state index contributed by atoms with van der Waals surface area (Å²) in [6.07, 6.45) is 1.70. The molecular weight excluding hydrogens is 268 g/mol. The van der Waals surface area contributed by atoms with Crippen molar-refractivity contribution in [1.82, 2.24) is 10.4 Å². The number of hydrogen-bond donors (Lipinski definition) is 3. The van der Waals surface area contributed by atoms with Gasteiger partial charge in [-0.2, -0.15) is 10.2 Å². The van der Waals surface area contributed by atoms with Gasteiger partial charge in [0.05, 0.1) is 6.21 Å². The highest BCUT2D eigenvalue weighted by molar-refractivity contribution is 5.99. The molecule has 6 heteroatoms. The van der Waals surface area contributed by atoms with Crippen LogP contribution >= 0.6 is 0 Å². The third-order valence-electron chi connectivity index (χ3n) is 3.01. The molecule has 0 atom stereocenters. The van der Waals surface area contributed by atoms with Gasteiger partial charge < -0.3 is 10.2 Å². The molecule has 0 aliphatic carbocycles. The molecule has 1 aliphatic rings. The minimum atomic E-state index is 0.212. The summed E-state index contributed by atoms with van der Waals surface area (Å²) in [4.78, 5) is 0. The predicted octanol–water partition coefficient (Wildman–Crippen LogP) is 1.66. The molecule has 3 rings (SSSR count). The summed E-state index contributed by atoms with van der Waals surface area (Å²) >= 11 is 0. The van der Waals surface area contributed by atoms with Crippen molar-refractivity contribution in [2.45, 2.75) is 0 Å². The molecule has 2 aromatic carbocycles. The molecule has 1 heterocycles. The lowest BCUT2D eigenvalue weighted by Crippen LogP contribution is -2.24. The monoisotopic (exact) mass is 282 g/mol. The van der Waals surface area contributed by atoms with E-state index in [-0.39, 0.29) is 11.5 Å². The van der Waals surface area contributed by atoms with E-state index in [2.05, 4.69) is 15.6 Å². The summed E-state index contributed by atoms with van der Waals surface area (Å²) in [6.45, 7) is 0.477. The van der Waals surface area contributed by atoms with E-state index in [1.54, 1.807) is 59.8 Å². The van der Waals surface area contributed by atoms with Gasteiger partial charge in [0, 0.05) is 5.56 Å². The van der Waals surface area contributed by atoms with Crippen molar-refractivity contribution < 1.29 is 10.2 Å². The van der Waals surface area contributed by atoms with E-state index in [4.69, 9.17) is 0 Å². The summed E-state index contributed by atoms with van der Waals surface area (Å²) in [5.41, 5.74) is 4.62. The van der Waals surface area contributed by atoms with Crippen molar-refractivity contribution in [2.75, 3.05) is 6.67 Å². The summed E-state index contributed by atoms with van der Waals surface area (Å²) in [5, 5.41) is 28.9. The average Bonchev–Trinajstić information content (AvgIpc) is 2.96. The Bertz CT molecular complexity index is 678. The van der Waals surface area contributed by atoms with Gasteiger partial charge in [0.15, 0.2) is 5.84 Å². The highest BCUT2D eigenvalue weighted by atomic mass is 16.3. The van der Waals surface area contributed by atoms with E-state index in [0.29, 0.717) is 12.5 Å². The third-order valence-corrected chi connectivity index (χ3v) is 3.01. The minimum Gasteiger partial charge on any atom is -0.508 e. The van der Waals surface area contributed by atoms with Crippen LogP contribution < -0.4 is 5.43 Å². The minimum absolute atomic E-state index is 0.212. The molecule has 2 aromatic rings. The van der Waals surface area contributed by atoms with Crippen LogP contribution in [0.1, 0.15) is 11.1 Å². The fraction of sp³-hybridized carbons (Fsp3) is 0.0667. The molecule has 106 valence electrons. The fourth-order valence-corrected chi connectivity index (χ4v) is 1.93. The van der Waals surface area contributed by atoms with Crippen molar-refractivity contribution in [3.05, 3.63) is 59.7 Å². The Balaban J connectivity index is 1.77. The van der Waals surface area contributed by atoms with Gasteiger partial charge in [-0.1, -0.05) is 0 Å². The first-order valence-corrected chi connectivity index (χ1v) is 6.43. The molecule has 0 radical (unpaired) electrons. The molecule has 0 amide bonds. The van der Waals surface area contributed by atoms with Gasteiger partial charge in [0.2, 0.25) is 0 Å². The maximum atomic E-state index is 9.32. The topological polar surface area (TPSA) is 80.5 Å². The standard InChI is InChI=1S/C15H14N4O2/c20-13-5-1-11(2-6-13)9-17-19-10-16-18-15(19)12-3-7-14(21)8-4-12/h1-9,16,20-21H,10H2. The van der Waals surface area contributed by atoms with E-state index in [1.165, 1.54) is 0 Å². The number of nitrogens with zero attached hydrogens (tertiary/aromatic N) is 3. The van der Waals surface area contributed by atoms with E-state index < -0.39 is 0 Å². The summed E-state index contributed by atoms with van der Waals surface area (Å²) in [6, 6.07) is 13.6. The second-order valence-corrected chi connectivity index (χ2v) is 4.53. The molecule has 0 saturated carbocycles. The Morgan fingerprint density at radius 2 is 1.62 bits per heavy atom. The molecule has 6 nitrogen and oxygen atoms in total. The van der Waals surface area contributed by atoms with Crippen LogP contribution in [0.25, 0.3) is 0 Å². The number of hydrogen-bond acceptors (Lipinski definition) is 6. The molecular formula is C15H14N4O2. The quantitative estimate of drug-likeness (QED) is 0.748. The normalized spacial score (nSPS) is 14.3. The van der Waals surface area contributed by atoms with Crippen LogP contribution in [0.2, 0.25) is 0 Å². The lowest BCUT2D eigenvalue weighted by molar-refractivity contribution is 0.453. The van der Waals surface area contributed by atoms with Gasteiger partial charge in [-0.05, 0) is 54.1 Å².